The van der Waals surface area contributed by atoms with Gasteiger partial charge in [0.2, 0.25) is 0 Å². The zero-order valence-corrected chi connectivity index (χ0v) is 10.1. The van der Waals surface area contributed by atoms with Crippen molar-refractivity contribution in [2.45, 2.75) is 13.5 Å². The summed E-state index contributed by atoms with van der Waals surface area (Å²) in [7, 11) is 0. The molecule has 0 saturated heterocycles. The molecule has 1 aromatic heterocycles. The Morgan fingerprint density at radius 1 is 1.29 bits per heavy atom. The number of aromatic nitrogens is 2. The van der Waals surface area contributed by atoms with Crippen LogP contribution in [0.3, 0.4) is 0 Å². The van der Waals surface area contributed by atoms with Crippen LogP contribution in [0.1, 0.15) is 11.3 Å². The molecule has 0 unspecified atom stereocenters. The van der Waals surface area contributed by atoms with Crippen molar-refractivity contribution in [2.75, 3.05) is 5.73 Å². The number of anilines is 1. The monoisotopic (exact) mass is 249 g/mol. The lowest BCUT2D eigenvalue weighted by Gasteiger charge is -2.08. The van der Waals surface area contributed by atoms with E-state index in [2.05, 4.69) is 9.97 Å². The fraction of sp³-hybridized carbons (Fsp3) is 0.167. The molecule has 0 amide bonds. The second-order valence-corrected chi connectivity index (χ2v) is 4.06. The molecule has 0 radical (unpaired) electrons. The summed E-state index contributed by atoms with van der Waals surface area (Å²) in [6.45, 7) is 2.29. The van der Waals surface area contributed by atoms with Crippen molar-refractivity contribution >= 4 is 17.4 Å². The van der Waals surface area contributed by atoms with Crippen LogP contribution in [0.25, 0.3) is 0 Å². The van der Waals surface area contributed by atoms with Crippen LogP contribution < -0.4 is 10.5 Å². The summed E-state index contributed by atoms with van der Waals surface area (Å²) in [6, 6.07) is 5.62. The van der Waals surface area contributed by atoms with Gasteiger partial charge in [0.05, 0.1) is 23.1 Å². The molecule has 1 aromatic carbocycles. The molecule has 0 fully saturated rings. The summed E-state index contributed by atoms with van der Waals surface area (Å²) in [4.78, 5) is 8.02. The predicted octanol–water partition coefficient (Wildman–Crippen LogP) is 2.60. The van der Waals surface area contributed by atoms with E-state index in [0.29, 0.717) is 28.9 Å². The average molecular weight is 250 g/mol. The molecule has 5 heteroatoms. The number of rotatable bonds is 3. The molecule has 2 rings (SSSR count). The number of aryl methyl sites for hydroxylation is 1. The summed E-state index contributed by atoms with van der Waals surface area (Å²) in [6.07, 6.45) is 3.08. The lowest BCUT2D eigenvalue weighted by molar-refractivity contribution is 0.301. The molecule has 88 valence electrons. The highest BCUT2D eigenvalue weighted by Crippen LogP contribution is 2.25. The van der Waals surface area contributed by atoms with Gasteiger partial charge >= 0.3 is 0 Å². The smallest absolute Gasteiger partial charge is 0.141 e. The van der Waals surface area contributed by atoms with E-state index < -0.39 is 0 Å². The van der Waals surface area contributed by atoms with Crippen LogP contribution in [-0.4, -0.2) is 9.97 Å². The molecule has 0 bridgehead atoms. The molecule has 2 aromatic rings. The Kier molecular flexibility index (Phi) is 3.44. The first-order chi connectivity index (χ1) is 8.15. The average Bonchev–Trinajstić information content (AvgIpc) is 2.32. The number of nitrogens with two attached hydrogens (primary N) is 1. The first-order valence-electron chi connectivity index (χ1n) is 5.10. The Morgan fingerprint density at radius 2 is 2.12 bits per heavy atom. The maximum atomic E-state index is 6.01. The standard InChI is InChI=1S/C12H12ClN3O/c1-8-2-3-10(13)11(4-8)17-7-9-5-16-12(14)6-15-9/h2-6H,7H2,1H3,(H2,14,16). The highest BCUT2D eigenvalue weighted by Gasteiger charge is 2.03. The summed E-state index contributed by atoms with van der Waals surface area (Å²) in [5, 5.41) is 0.582. The molecular weight excluding hydrogens is 238 g/mol. The highest BCUT2D eigenvalue weighted by molar-refractivity contribution is 6.32. The van der Waals surface area contributed by atoms with E-state index in [0.717, 1.165) is 5.56 Å². The van der Waals surface area contributed by atoms with Gasteiger partial charge in [-0.05, 0) is 24.6 Å². The molecule has 0 saturated carbocycles. The van der Waals surface area contributed by atoms with Gasteiger partial charge in [-0.25, -0.2) is 4.98 Å². The van der Waals surface area contributed by atoms with Crippen LogP contribution in [0.5, 0.6) is 5.75 Å². The first-order valence-corrected chi connectivity index (χ1v) is 5.48. The van der Waals surface area contributed by atoms with E-state index in [1.165, 1.54) is 6.20 Å². The van der Waals surface area contributed by atoms with Gasteiger partial charge in [0.1, 0.15) is 18.2 Å². The Balaban J connectivity index is 2.07. The molecule has 0 aliphatic heterocycles. The Morgan fingerprint density at radius 3 is 2.82 bits per heavy atom. The molecule has 17 heavy (non-hydrogen) atoms. The van der Waals surface area contributed by atoms with E-state index in [-0.39, 0.29) is 0 Å². The van der Waals surface area contributed by atoms with Gasteiger partial charge in [0.25, 0.3) is 0 Å². The minimum atomic E-state index is 0.316. The third kappa shape index (κ3) is 3.07. The van der Waals surface area contributed by atoms with Crippen molar-refractivity contribution in [1.82, 2.24) is 9.97 Å². The van der Waals surface area contributed by atoms with Crippen LogP contribution >= 0.6 is 11.6 Å². The topological polar surface area (TPSA) is 61.0 Å². The first kappa shape index (κ1) is 11.7. The number of nitrogen functional groups attached to an aromatic ring is 1. The van der Waals surface area contributed by atoms with Gasteiger partial charge in [0.15, 0.2) is 0 Å². The Bertz CT molecular complexity index is 514. The Labute approximate surface area is 104 Å². The molecular formula is C12H12ClN3O. The van der Waals surface area contributed by atoms with E-state index in [4.69, 9.17) is 22.1 Å². The number of halogens is 1. The van der Waals surface area contributed by atoms with Gasteiger partial charge in [0, 0.05) is 0 Å². The van der Waals surface area contributed by atoms with Gasteiger partial charge in [-0.1, -0.05) is 17.7 Å². The fourth-order valence-electron chi connectivity index (χ4n) is 1.31. The maximum absolute atomic E-state index is 6.01. The molecule has 2 N–H and O–H groups in total. The minimum Gasteiger partial charge on any atom is -0.486 e. The van der Waals surface area contributed by atoms with E-state index in [1.807, 2.05) is 19.1 Å². The lowest BCUT2D eigenvalue weighted by atomic mass is 10.2. The van der Waals surface area contributed by atoms with Gasteiger partial charge in [-0.2, -0.15) is 0 Å². The van der Waals surface area contributed by atoms with Crippen LogP contribution in [0.2, 0.25) is 5.02 Å². The molecule has 0 spiro atoms. The van der Waals surface area contributed by atoms with Crippen molar-refractivity contribution in [3.05, 3.63) is 46.9 Å². The normalized spacial score (nSPS) is 10.2. The van der Waals surface area contributed by atoms with Gasteiger partial charge in [-0.3, -0.25) is 4.98 Å². The summed E-state index contributed by atoms with van der Waals surface area (Å²) >= 11 is 6.01. The predicted molar refractivity (Wildman–Crippen MR) is 67.0 cm³/mol. The lowest BCUT2D eigenvalue weighted by Crippen LogP contribution is -2.01. The zero-order valence-electron chi connectivity index (χ0n) is 9.35. The molecule has 4 nitrogen and oxygen atoms in total. The van der Waals surface area contributed by atoms with Crippen LogP contribution in [0.15, 0.2) is 30.6 Å². The SMILES string of the molecule is Cc1ccc(Cl)c(OCc2cnc(N)cn2)c1. The fourth-order valence-corrected chi connectivity index (χ4v) is 1.48. The largest absolute Gasteiger partial charge is 0.486 e. The number of hydrogen-bond donors (Lipinski definition) is 1. The summed E-state index contributed by atoms with van der Waals surface area (Å²) in [5.41, 5.74) is 7.24. The van der Waals surface area contributed by atoms with Crippen molar-refractivity contribution in [3.63, 3.8) is 0 Å². The second kappa shape index (κ2) is 5.01. The van der Waals surface area contributed by atoms with E-state index in [9.17, 15) is 0 Å². The van der Waals surface area contributed by atoms with Crippen LogP contribution in [0, 0.1) is 6.92 Å². The molecule has 0 aliphatic carbocycles. The van der Waals surface area contributed by atoms with Crippen LogP contribution in [-0.2, 0) is 6.61 Å². The number of hydrogen-bond acceptors (Lipinski definition) is 4. The van der Waals surface area contributed by atoms with E-state index >= 15 is 0 Å². The summed E-state index contributed by atoms with van der Waals surface area (Å²) < 4.78 is 5.57. The zero-order chi connectivity index (χ0) is 12.3. The quantitative estimate of drug-likeness (QED) is 0.908. The number of ether oxygens (including phenoxy) is 1. The van der Waals surface area contributed by atoms with Crippen molar-refractivity contribution in [1.29, 1.82) is 0 Å². The van der Waals surface area contributed by atoms with Crippen molar-refractivity contribution in [2.24, 2.45) is 0 Å². The van der Waals surface area contributed by atoms with E-state index in [1.54, 1.807) is 12.3 Å². The number of nitrogens with zero attached hydrogens (tertiary/aromatic N) is 2. The third-order valence-corrected chi connectivity index (χ3v) is 2.50. The molecule has 0 atom stereocenters. The Hall–Kier alpha value is -1.81. The minimum absolute atomic E-state index is 0.316. The highest BCUT2D eigenvalue weighted by atomic mass is 35.5. The molecule has 1 heterocycles. The van der Waals surface area contributed by atoms with Crippen LogP contribution in [0.4, 0.5) is 5.82 Å². The molecule has 0 aliphatic rings. The summed E-state index contributed by atoms with van der Waals surface area (Å²) in [5.74, 6) is 1.03. The second-order valence-electron chi connectivity index (χ2n) is 3.66. The number of benzene rings is 1. The van der Waals surface area contributed by atoms with Crippen molar-refractivity contribution < 1.29 is 4.74 Å². The third-order valence-electron chi connectivity index (χ3n) is 2.19. The van der Waals surface area contributed by atoms with Gasteiger partial charge in [-0.15, -0.1) is 0 Å². The van der Waals surface area contributed by atoms with Crippen molar-refractivity contribution in [3.8, 4) is 5.75 Å². The van der Waals surface area contributed by atoms with Gasteiger partial charge < -0.3 is 10.5 Å². The maximum Gasteiger partial charge on any atom is 0.141 e.